The first-order chi connectivity index (χ1) is 10.6. The van der Waals surface area contributed by atoms with E-state index in [1.807, 2.05) is 61.5 Å². The highest BCUT2D eigenvalue weighted by Crippen LogP contribution is 2.34. The smallest absolute Gasteiger partial charge is 0.231 e. The summed E-state index contributed by atoms with van der Waals surface area (Å²) in [5.74, 6) is 1.48. The van der Waals surface area contributed by atoms with Gasteiger partial charge in [-0.05, 0) is 48.6 Å². The molecule has 0 saturated heterocycles. The highest BCUT2D eigenvalue weighted by atomic mass is 32.1. The van der Waals surface area contributed by atoms with Gasteiger partial charge in [-0.3, -0.25) is 0 Å². The molecule has 114 valence electrons. The molecule has 0 spiro atoms. The molecule has 2 aromatic rings. The molecule has 22 heavy (non-hydrogen) atoms. The third-order valence-electron chi connectivity index (χ3n) is 3.27. The van der Waals surface area contributed by atoms with Crippen molar-refractivity contribution in [2.75, 3.05) is 36.4 Å². The largest absolute Gasteiger partial charge is 0.454 e. The van der Waals surface area contributed by atoms with Crippen LogP contribution >= 0.6 is 12.2 Å². The van der Waals surface area contributed by atoms with Gasteiger partial charge in [-0.25, -0.2) is 0 Å². The van der Waals surface area contributed by atoms with E-state index in [-0.39, 0.29) is 6.79 Å². The van der Waals surface area contributed by atoms with Crippen molar-refractivity contribution in [2.45, 2.75) is 0 Å². The van der Waals surface area contributed by atoms with Crippen molar-refractivity contribution >= 4 is 34.4 Å². The number of ether oxygens (including phenoxy) is 2. The zero-order chi connectivity index (χ0) is 15.5. The molecule has 6 heteroatoms. The molecule has 5 nitrogen and oxygen atoms in total. The van der Waals surface area contributed by atoms with Crippen LogP contribution in [0.4, 0.5) is 17.1 Å². The van der Waals surface area contributed by atoms with E-state index in [1.165, 1.54) is 0 Å². The SMILES string of the molecule is CN(C)c1ccc(NC(=S)Nc2ccc3c(c2)OCO3)cc1. The van der Waals surface area contributed by atoms with Crippen LogP contribution in [0.15, 0.2) is 42.5 Å². The summed E-state index contributed by atoms with van der Waals surface area (Å²) in [4.78, 5) is 2.05. The molecule has 1 aliphatic rings. The summed E-state index contributed by atoms with van der Waals surface area (Å²) in [5.41, 5.74) is 2.93. The van der Waals surface area contributed by atoms with E-state index in [9.17, 15) is 0 Å². The topological polar surface area (TPSA) is 45.8 Å². The second-order valence-electron chi connectivity index (χ2n) is 5.09. The Balaban J connectivity index is 1.62. The zero-order valence-electron chi connectivity index (χ0n) is 12.4. The van der Waals surface area contributed by atoms with Gasteiger partial charge < -0.3 is 25.0 Å². The number of benzene rings is 2. The molecule has 1 aliphatic heterocycles. The lowest BCUT2D eigenvalue weighted by Crippen LogP contribution is -2.19. The Bertz CT molecular complexity index is 686. The quantitative estimate of drug-likeness (QED) is 0.848. The van der Waals surface area contributed by atoms with E-state index in [0.29, 0.717) is 5.11 Å². The van der Waals surface area contributed by atoms with Crippen molar-refractivity contribution in [2.24, 2.45) is 0 Å². The standard InChI is InChI=1S/C16H17N3O2S/c1-19(2)13-6-3-11(4-7-13)17-16(22)18-12-5-8-14-15(9-12)21-10-20-14/h3-9H,10H2,1-2H3,(H2,17,18,22). The van der Waals surface area contributed by atoms with Gasteiger partial charge in [0.1, 0.15) is 0 Å². The van der Waals surface area contributed by atoms with E-state index in [4.69, 9.17) is 21.7 Å². The normalized spacial score (nSPS) is 11.9. The maximum atomic E-state index is 5.34. The molecule has 0 aliphatic carbocycles. The van der Waals surface area contributed by atoms with Gasteiger partial charge in [-0.15, -0.1) is 0 Å². The van der Waals surface area contributed by atoms with Crippen LogP contribution in [0.3, 0.4) is 0 Å². The van der Waals surface area contributed by atoms with Crippen LogP contribution in [0.1, 0.15) is 0 Å². The number of rotatable bonds is 3. The number of nitrogens with one attached hydrogen (secondary N) is 2. The van der Waals surface area contributed by atoms with Crippen LogP contribution < -0.4 is 25.0 Å². The first kappa shape index (κ1) is 14.5. The third kappa shape index (κ3) is 3.23. The van der Waals surface area contributed by atoms with Crippen molar-refractivity contribution in [3.05, 3.63) is 42.5 Å². The summed E-state index contributed by atoms with van der Waals surface area (Å²) in [5, 5.41) is 6.81. The van der Waals surface area contributed by atoms with Gasteiger partial charge in [-0.2, -0.15) is 0 Å². The molecule has 2 aromatic carbocycles. The predicted molar refractivity (Wildman–Crippen MR) is 93.2 cm³/mol. The Morgan fingerprint density at radius 2 is 1.59 bits per heavy atom. The lowest BCUT2D eigenvalue weighted by atomic mass is 10.2. The first-order valence-corrected chi connectivity index (χ1v) is 7.28. The van der Waals surface area contributed by atoms with Crippen molar-refractivity contribution < 1.29 is 9.47 Å². The average Bonchev–Trinajstić information content (AvgIpc) is 2.95. The summed E-state index contributed by atoms with van der Waals surface area (Å²) in [7, 11) is 4.02. The summed E-state index contributed by atoms with van der Waals surface area (Å²) in [6, 6.07) is 13.7. The van der Waals surface area contributed by atoms with Crippen molar-refractivity contribution in [3.63, 3.8) is 0 Å². The molecular weight excluding hydrogens is 298 g/mol. The minimum Gasteiger partial charge on any atom is -0.454 e. The molecule has 1 heterocycles. The Hall–Kier alpha value is -2.47. The minimum atomic E-state index is 0.264. The summed E-state index contributed by atoms with van der Waals surface area (Å²) < 4.78 is 10.6. The average molecular weight is 315 g/mol. The molecule has 2 N–H and O–H groups in total. The molecule has 0 amide bonds. The van der Waals surface area contributed by atoms with Gasteiger partial charge in [0, 0.05) is 37.2 Å². The molecule has 0 fully saturated rings. The lowest BCUT2D eigenvalue weighted by Gasteiger charge is -2.14. The summed E-state index contributed by atoms with van der Waals surface area (Å²) >= 11 is 5.33. The Morgan fingerprint density at radius 1 is 0.955 bits per heavy atom. The van der Waals surface area contributed by atoms with Gasteiger partial charge in [0.15, 0.2) is 16.6 Å². The van der Waals surface area contributed by atoms with Crippen LogP contribution in [0.25, 0.3) is 0 Å². The number of hydrogen-bond donors (Lipinski definition) is 2. The first-order valence-electron chi connectivity index (χ1n) is 6.87. The Kier molecular flexibility index (Phi) is 4.02. The Morgan fingerprint density at radius 3 is 2.32 bits per heavy atom. The summed E-state index contributed by atoms with van der Waals surface area (Å²) in [6.07, 6.45) is 0. The lowest BCUT2D eigenvalue weighted by molar-refractivity contribution is 0.174. The fourth-order valence-corrected chi connectivity index (χ4v) is 2.35. The maximum absolute atomic E-state index is 5.34. The monoisotopic (exact) mass is 315 g/mol. The third-order valence-corrected chi connectivity index (χ3v) is 3.48. The number of anilines is 3. The van der Waals surface area contributed by atoms with Crippen molar-refractivity contribution in [3.8, 4) is 11.5 Å². The molecule has 0 aromatic heterocycles. The van der Waals surface area contributed by atoms with E-state index in [2.05, 4.69) is 10.6 Å². The molecule has 0 atom stereocenters. The maximum Gasteiger partial charge on any atom is 0.231 e. The number of thiocarbonyl (C=S) groups is 1. The van der Waals surface area contributed by atoms with E-state index >= 15 is 0 Å². The number of fused-ring (bicyclic) bond motifs is 1. The van der Waals surface area contributed by atoms with Gasteiger partial charge in [0.2, 0.25) is 6.79 Å². The number of hydrogen-bond acceptors (Lipinski definition) is 4. The van der Waals surface area contributed by atoms with Crippen LogP contribution in [-0.2, 0) is 0 Å². The van der Waals surface area contributed by atoms with Crippen LogP contribution in [0.2, 0.25) is 0 Å². The minimum absolute atomic E-state index is 0.264. The van der Waals surface area contributed by atoms with Crippen LogP contribution in [0.5, 0.6) is 11.5 Å². The van der Waals surface area contributed by atoms with Gasteiger partial charge in [-0.1, -0.05) is 0 Å². The summed E-state index contributed by atoms with van der Waals surface area (Å²) in [6.45, 7) is 0.264. The van der Waals surface area contributed by atoms with Gasteiger partial charge >= 0.3 is 0 Å². The number of nitrogens with zero attached hydrogens (tertiary/aromatic N) is 1. The van der Waals surface area contributed by atoms with Crippen LogP contribution in [-0.4, -0.2) is 26.0 Å². The molecule has 0 saturated carbocycles. The van der Waals surface area contributed by atoms with Crippen molar-refractivity contribution in [1.82, 2.24) is 0 Å². The second-order valence-corrected chi connectivity index (χ2v) is 5.50. The molecule has 0 bridgehead atoms. The van der Waals surface area contributed by atoms with E-state index < -0.39 is 0 Å². The van der Waals surface area contributed by atoms with Gasteiger partial charge in [0.25, 0.3) is 0 Å². The molecule has 3 rings (SSSR count). The Labute approximate surface area is 134 Å². The fourth-order valence-electron chi connectivity index (χ4n) is 2.11. The van der Waals surface area contributed by atoms with E-state index in [1.54, 1.807) is 0 Å². The highest BCUT2D eigenvalue weighted by molar-refractivity contribution is 7.80. The van der Waals surface area contributed by atoms with Crippen LogP contribution in [0, 0.1) is 0 Å². The molecule has 0 radical (unpaired) electrons. The van der Waals surface area contributed by atoms with E-state index in [0.717, 1.165) is 28.6 Å². The molecule has 0 unspecified atom stereocenters. The highest BCUT2D eigenvalue weighted by Gasteiger charge is 2.13. The van der Waals surface area contributed by atoms with Crippen molar-refractivity contribution in [1.29, 1.82) is 0 Å². The predicted octanol–water partition coefficient (Wildman–Crippen LogP) is 3.29. The fraction of sp³-hybridized carbons (Fsp3) is 0.188. The van der Waals surface area contributed by atoms with Gasteiger partial charge in [0.05, 0.1) is 0 Å². The molecular formula is C16H17N3O2S. The zero-order valence-corrected chi connectivity index (χ0v) is 13.2. The second kappa shape index (κ2) is 6.11.